The summed E-state index contributed by atoms with van der Waals surface area (Å²) in [6.07, 6.45) is -0.151. The zero-order valence-corrected chi connectivity index (χ0v) is 10.1. The molecule has 0 aliphatic rings. The van der Waals surface area contributed by atoms with Crippen LogP contribution in [-0.2, 0) is 9.59 Å². The van der Waals surface area contributed by atoms with E-state index in [1.54, 1.807) is 0 Å². The Balaban J connectivity index is 2.33. The first-order chi connectivity index (χ1) is 8.49. The lowest BCUT2D eigenvalue weighted by atomic mass is 10.3. The van der Waals surface area contributed by atoms with Crippen LogP contribution in [0.3, 0.4) is 0 Å². The molecule has 0 atom stereocenters. The summed E-state index contributed by atoms with van der Waals surface area (Å²) in [6, 6.07) is 3.36. The number of carboxylic acid groups (broad SMARTS) is 1. The average Bonchev–Trinajstić information content (AvgIpc) is 2.30. The summed E-state index contributed by atoms with van der Waals surface area (Å²) in [7, 11) is 0. The van der Waals surface area contributed by atoms with Crippen molar-refractivity contribution >= 4 is 23.6 Å². The summed E-state index contributed by atoms with van der Waals surface area (Å²) in [4.78, 5) is 21.9. The van der Waals surface area contributed by atoms with Crippen LogP contribution in [0.1, 0.15) is 6.42 Å². The predicted octanol–water partition coefficient (Wildman–Crippen LogP) is 1.65. The van der Waals surface area contributed by atoms with Crippen LogP contribution in [0.5, 0.6) is 0 Å². The summed E-state index contributed by atoms with van der Waals surface area (Å²) < 4.78 is 25.5. The van der Waals surface area contributed by atoms with Crippen LogP contribution in [0, 0.1) is 11.6 Å². The number of hydrogen-bond acceptors (Lipinski definition) is 3. The van der Waals surface area contributed by atoms with E-state index in [9.17, 15) is 18.4 Å². The van der Waals surface area contributed by atoms with Crippen molar-refractivity contribution in [3.05, 3.63) is 29.8 Å². The van der Waals surface area contributed by atoms with Crippen LogP contribution in [0.15, 0.2) is 23.1 Å². The molecule has 4 nitrogen and oxygen atoms in total. The van der Waals surface area contributed by atoms with Gasteiger partial charge in [0.1, 0.15) is 0 Å². The predicted molar refractivity (Wildman–Crippen MR) is 62.3 cm³/mol. The molecular formula is C11H11F2NO3S. The molecule has 0 aliphatic carbocycles. The second-order valence-corrected chi connectivity index (χ2v) is 4.41. The molecule has 1 aromatic carbocycles. The van der Waals surface area contributed by atoms with E-state index in [0.29, 0.717) is 4.90 Å². The molecule has 1 rings (SSSR count). The summed E-state index contributed by atoms with van der Waals surface area (Å²) in [5.41, 5.74) is 0. The summed E-state index contributed by atoms with van der Waals surface area (Å²) in [5, 5.41) is 10.8. The number of halogens is 2. The van der Waals surface area contributed by atoms with Gasteiger partial charge in [0.15, 0.2) is 11.6 Å². The number of nitrogens with one attached hydrogen (secondary N) is 1. The molecule has 0 radical (unpaired) electrons. The first kappa shape index (κ1) is 14.4. The second kappa shape index (κ2) is 6.95. The van der Waals surface area contributed by atoms with Crippen molar-refractivity contribution < 1.29 is 23.5 Å². The van der Waals surface area contributed by atoms with Gasteiger partial charge < -0.3 is 10.4 Å². The Morgan fingerprint density at radius 1 is 1.28 bits per heavy atom. The maximum atomic E-state index is 12.8. The Morgan fingerprint density at radius 2 is 2.00 bits per heavy atom. The van der Waals surface area contributed by atoms with E-state index in [4.69, 9.17) is 5.11 Å². The minimum absolute atomic E-state index is 0.0185. The zero-order chi connectivity index (χ0) is 13.5. The van der Waals surface area contributed by atoms with Crippen molar-refractivity contribution in [1.82, 2.24) is 5.32 Å². The maximum absolute atomic E-state index is 12.8. The number of carbonyl (C=O) groups is 2. The van der Waals surface area contributed by atoms with Crippen LogP contribution in [0.2, 0.25) is 0 Å². The van der Waals surface area contributed by atoms with E-state index < -0.39 is 17.6 Å². The standard InChI is InChI=1S/C11H11F2NO3S/c12-8-2-1-7(5-9(8)13)18-6-10(15)14-4-3-11(16)17/h1-2,5H,3-4,6H2,(H,14,15)(H,16,17). The molecule has 18 heavy (non-hydrogen) atoms. The maximum Gasteiger partial charge on any atom is 0.305 e. The smallest absolute Gasteiger partial charge is 0.305 e. The number of thioether (sulfide) groups is 1. The number of carboxylic acids is 1. The Morgan fingerprint density at radius 3 is 2.61 bits per heavy atom. The van der Waals surface area contributed by atoms with E-state index in [2.05, 4.69) is 5.32 Å². The minimum Gasteiger partial charge on any atom is -0.481 e. The van der Waals surface area contributed by atoms with Gasteiger partial charge in [-0.3, -0.25) is 9.59 Å². The molecule has 7 heteroatoms. The highest BCUT2D eigenvalue weighted by molar-refractivity contribution is 8.00. The van der Waals surface area contributed by atoms with E-state index >= 15 is 0 Å². The fraction of sp³-hybridized carbons (Fsp3) is 0.273. The van der Waals surface area contributed by atoms with Crippen LogP contribution < -0.4 is 5.32 Å². The quantitative estimate of drug-likeness (QED) is 0.775. The van der Waals surface area contributed by atoms with Gasteiger partial charge in [0.05, 0.1) is 12.2 Å². The SMILES string of the molecule is O=C(O)CCNC(=O)CSc1ccc(F)c(F)c1. The number of rotatable bonds is 6. The van der Waals surface area contributed by atoms with Crippen LogP contribution in [0.4, 0.5) is 8.78 Å². The van der Waals surface area contributed by atoms with Gasteiger partial charge in [0.25, 0.3) is 0 Å². The van der Waals surface area contributed by atoms with E-state index in [0.717, 1.165) is 23.9 Å². The van der Waals surface area contributed by atoms with E-state index in [1.165, 1.54) is 6.07 Å². The van der Waals surface area contributed by atoms with Gasteiger partial charge in [-0.1, -0.05) is 0 Å². The molecule has 0 aromatic heterocycles. The van der Waals surface area contributed by atoms with Gasteiger partial charge in [-0.05, 0) is 18.2 Å². The summed E-state index contributed by atoms with van der Waals surface area (Å²) in [5.74, 6) is -3.24. The van der Waals surface area contributed by atoms with Crippen molar-refractivity contribution in [3.8, 4) is 0 Å². The molecule has 1 aromatic rings. The Hall–Kier alpha value is -1.63. The normalized spacial score (nSPS) is 10.1. The van der Waals surface area contributed by atoms with Crippen LogP contribution >= 0.6 is 11.8 Å². The molecule has 98 valence electrons. The lowest BCUT2D eigenvalue weighted by molar-refractivity contribution is -0.136. The molecule has 0 bridgehead atoms. The van der Waals surface area contributed by atoms with Crippen LogP contribution in [0.25, 0.3) is 0 Å². The number of amides is 1. The molecular weight excluding hydrogens is 264 g/mol. The van der Waals surface area contributed by atoms with Gasteiger partial charge in [0.2, 0.25) is 5.91 Å². The minimum atomic E-state index is -0.997. The first-order valence-electron chi connectivity index (χ1n) is 5.05. The van der Waals surface area contributed by atoms with Crippen molar-refractivity contribution in [2.45, 2.75) is 11.3 Å². The first-order valence-corrected chi connectivity index (χ1v) is 6.04. The fourth-order valence-electron chi connectivity index (χ4n) is 1.08. The second-order valence-electron chi connectivity index (χ2n) is 3.36. The van der Waals surface area contributed by atoms with Gasteiger partial charge in [-0.2, -0.15) is 0 Å². The third-order valence-electron chi connectivity index (χ3n) is 1.92. The molecule has 0 fully saturated rings. The average molecular weight is 275 g/mol. The zero-order valence-electron chi connectivity index (χ0n) is 9.28. The molecule has 0 aliphatic heterocycles. The molecule has 0 saturated heterocycles. The van der Waals surface area contributed by atoms with E-state index in [1.807, 2.05) is 0 Å². The lowest BCUT2D eigenvalue weighted by Crippen LogP contribution is -2.27. The van der Waals surface area contributed by atoms with Crippen molar-refractivity contribution in [2.75, 3.05) is 12.3 Å². The van der Waals surface area contributed by atoms with Crippen molar-refractivity contribution in [1.29, 1.82) is 0 Å². The molecule has 0 spiro atoms. The van der Waals surface area contributed by atoms with Gasteiger partial charge in [0, 0.05) is 11.4 Å². The summed E-state index contributed by atoms with van der Waals surface area (Å²) in [6.45, 7) is 0.0481. The lowest BCUT2D eigenvalue weighted by Gasteiger charge is -2.04. The molecule has 0 saturated carbocycles. The number of hydrogen-bond donors (Lipinski definition) is 2. The van der Waals surface area contributed by atoms with Gasteiger partial charge in [-0.15, -0.1) is 11.8 Å². The topological polar surface area (TPSA) is 66.4 Å². The third kappa shape index (κ3) is 5.13. The number of benzene rings is 1. The summed E-state index contributed by atoms with van der Waals surface area (Å²) >= 11 is 1.04. The third-order valence-corrected chi connectivity index (χ3v) is 2.92. The fourth-order valence-corrected chi connectivity index (χ4v) is 1.83. The van der Waals surface area contributed by atoms with Crippen molar-refractivity contribution in [3.63, 3.8) is 0 Å². The molecule has 2 N–H and O–H groups in total. The van der Waals surface area contributed by atoms with Crippen molar-refractivity contribution in [2.24, 2.45) is 0 Å². The highest BCUT2D eigenvalue weighted by Crippen LogP contribution is 2.19. The molecule has 0 heterocycles. The van der Waals surface area contributed by atoms with Gasteiger partial charge >= 0.3 is 5.97 Å². The monoisotopic (exact) mass is 275 g/mol. The Kier molecular flexibility index (Phi) is 5.57. The number of aliphatic carboxylic acids is 1. The highest BCUT2D eigenvalue weighted by Gasteiger charge is 2.06. The molecule has 0 unspecified atom stereocenters. The van der Waals surface area contributed by atoms with Crippen LogP contribution in [-0.4, -0.2) is 29.3 Å². The Labute approximate surface area is 106 Å². The largest absolute Gasteiger partial charge is 0.481 e. The Bertz CT molecular complexity index is 454. The highest BCUT2D eigenvalue weighted by atomic mass is 32.2. The van der Waals surface area contributed by atoms with Gasteiger partial charge in [-0.25, -0.2) is 8.78 Å². The van der Waals surface area contributed by atoms with E-state index in [-0.39, 0.29) is 24.6 Å². The number of carbonyl (C=O) groups excluding carboxylic acids is 1. The molecule has 1 amide bonds.